The summed E-state index contributed by atoms with van der Waals surface area (Å²) >= 11 is 0. The summed E-state index contributed by atoms with van der Waals surface area (Å²) in [5.74, 6) is 0. The van der Waals surface area contributed by atoms with Crippen molar-refractivity contribution in [1.82, 2.24) is 0 Å². The third kappa shape index (κ3) is 3.86. The van der Waals surface area contributed by atoms with Crippen LogP contribution in [-0.4, -0.2) is 28.2 Å². The fourth-order valence-corrected chi connectivity index (χ4v) is 2.06. The standard InChI is InChI=1S/C11H19N3O3S/c1-3-8(7-17-2)14-11-6-9(18(13,15)16)4-5-10(11)12/h4-6,8,14H,3,7,12H2,1-2H3,(H2,13,15,16). The summed E-state index contributed by atoms with van der Waals surface area (Å²) in [6.07, 6.45) is 0.826. The Kier molecular flexibility index (Phi) is 4.94. The van der Waals surface area contributed by atoms with E-state index in [1.165, 1.54) is 18.2 Å². The zero-order chi connectivity index (χ0) is 13.8. The molecule has 18 heavy (non-hydrogen) atoms. The third-order valence-corrected chi connectivity index (χ3v) is 3.48. The van der Waals surface area contributed by atoms with Gasteiger partial charge in [-0.15, -0.1) is 0 Å². The molecule has 0 aromatic heterocycles. The Balaban J connectivity index is 3.01. The van der Waals surface area contributed by atoms with Crippen molar-refractivity contribution in [2.45, 2.75) is 24.3 Å². The highest BCUT2D eigenvalue weighted by Crippen LogP contribution is 2.23. The lowest BCUT2D eigenvalue weighted by atomic mass is 10.2. The van der Waals surface area contributed by atoms with E-state index in [9.17, 15) is 8.42 Å². The van der Waals surface area contributed by atoms with Gasteiger partial charge in [-0.3, -0.25) is 0 Å². The number of primary sulfonamides is 1. The molecule has 0 saturated carbocycles. The zero-order valence-electron chi connectivity index (χ0n) is 10.5. The number of nitrogens with two attached hydrogens (primary N) is 2. The van der Waals surface area contributed by atoms with Gasteiger partial charge in [-0.05, 0) is 24.6 Å². The molecule has 0 amide bonds. The molecule has 0 aliphatic rings. The molecule has 5 N–H and O–H groups in total. The number of benzene rings is 1. The van der Waals surface area contributed by atoms with Gasteiger partial charge < -0.3 is 15.8 Å². The lowest BCUT2D eigenvalue weighted by Gasteiger charge is -2.19. The van der Waals surface area contributed by atoms with Crippen LogP contribution in [0, 0.1) is 0 Å². The van der Waals surface area contributed by atoms with E-state index < -0.39 is 10.0 Å². The summed E-state index contributed by atoms with van der Waals surface area (Å²) in [6.45, 7) is 2.51. The zero-order valence-corrected chi connectivity index (χ0v) is 11.3. The lowest BCUT2D eigenvalue weighted by Crippen LogP contribution is -2.24. The van der Waals surface area contributed by atoms with Gasteiger partial charge >= 0.3 is 0 Å². The SMILES string of the molecule is CCC(COC)Nc1cc(S(N)(=O)=O)ccc1N. The Hall–Kier alpha value is -1.31. The van der Waals surface area contributed by atoms with Crippen molar-refractivity contribution in [1.29, 1.82) is 0 Å². The number of sulfonamides is 1. The normalized spacial score (nSPS) is 13.3. The van der Waals surface area contributed by atoms with Gasteiger partial charge in [-0.1, -0.05) is 6.92 Å². The average Bonchev–Trinajstić information content (AvgIpc) is 2.29. The largest absolute Gasteiger partial charge is 0.397 e. The molecule has 1 atom stereocenters. The first-order valence-corrected chi connectivity index (χ1v) is 7.11. The minimum atomic E-state index is -3.72. The van der Waals surface area contributed by atoms with E-state index in [-0.39, 0.29) is 10.9 Å². The van der Waals surface area contributed by atoms with Crippen LogP contribution < -0.4 is 16.2 Å². The van der Waals surface area contributed by atoms with Crippen molar-refractivity contribution in [2.75, 3.05) is 24.8 Å². The van der Waals surface area contributed by atoms with Crippen molar-refractivity contribution in [3.05, 3.63) is 18.2 Å². The minimum Gasteiger partial charge on any atom is -0.397 e. The summed E-state index contributed by atoms with van der Waals surface area (Å²) in [5.41, 5.74) is 6.81. The Morgan fingerprint density at radius 1 is 1.44 bits per heavy atom. The van der Waals surface area contributed by atoms with Crippen LogP contribution in [0.4, 0.5) is 11.4 Å². The number of rotatable bonds is 6. The first-order valence-electron chi connectivity index (χ1n) is 5.56. The van der Waals surface area contributed by atoms with Gasteiger partial charge in [0, 0.05) is 13.2 Å². The van der Waals surface area contributed by atoms with Crippen LogP contribution in [0.3, 0.4) is 0 Å². The number of ether oxygens (including phenoxy) is 1. The van der Waals surface area contributed by atoms with Crippen molar-refractivity contribution in [3.8, 4) is 0 Å². The van der Waals surface area contributed by atoms with Gasteiger partial charge in [0.2, 0.25) is 10.0 Å². The van der Waals surface area contributed by atoms with Gasteiger partial charge in [-0.2, -0.15) is 0 Å². The van der Waals surface area contributed by atoms with Crippen LogP contribution in [0.15, 0.2) is 23.1 Å². The van der Waals surface area contributed by atoms with Gasteiger partial charge in [0.05, 0.1) is 22.9 Å². The molecule has 0 radical (unpaired) electrons. The molecular formula is C11H19N3O3S. The van der Waals surface area contributed by atoms with E-state index in [1.807, 2.05) is 6.92 Å². The predicted molar refractivity (Wildman–Crippen MR) is 71.8 cm³/mol. The van der Waals surface area contributed by atoms with E-state index >= 15 is 0 Å². The molecule has 1 unspecified atom stereocenters. The topological polar surface area (TPSA) is 107 Å². The predicted octanol–water partition coefficient (Wildman–Crippen LogP) is 0.753. The van der Waals surface area contributed by atoms with Gasteiger partial charge in [0.25, 0.3) is 0 Å². The molecule has 1 aromatic rings. The number of nitrogens with one attached hydrogen (secondary N) is 1. The van der Waals surface area contributed by atoms with Crippen LogP contribution in [0.1, 0.15) is 13.3 Å². The number of methoxy groups -OCH3 is 1. The van der Waals surface area contributed by atoms with Crippen LogP contribution in [0.5, 0.6) is 0 Å². The van der Waals surface area contributed by atoms with E-state index in [2.05, 4.69) is 5.32 Å². The van der Waals surface area contributed by atoms with Gasteiger partial charge in [-0.25, -0.2) is 13.6 Å². The van der Waals surface area contributed by atoms with E-state index in [4.69, 9.17) is 15.6 Å². The summed E-state index contributed by atoms with van der Waals surface area (Å²) < 4.78 is 27.6. The average molecular weight is 273 g/mol. The first-order chi connectivity index (χ1) is 8.38. The Morgan fingerprint density at radius 3 is 2.61 bits per heavy atom. The van der Waals surface area contributed by atoms with E-state index in [0.29, 0.717) is 18.0 Å². The van der Waals surface area contributed by atoms with E-state index in [1.54, 1.807) is 7.11 Å². The van der Waals surface area contributed by atoms with Crippen molar-refractivity contribution in [3.63, 3.8) is 0 Å². The van der Waals surface area contributed by atoms with Crippen LogP contribution in [-0.2, 0) is 14.8 Å². The first kappa shape index (κ1) is 14.7. The molecule has 0 spiro atoms. The number of nitrogen functional groups attached to an aromatic ring is 1. The van der Waals surface area contributed by atoms with Gasteiger partial charge in [0.1, 0.15) is 0 Å². The Labute approximate surface area is 107 Å². The van der Waals surface area contributed by atoms with Crippen molar-refractivity contribution >= 4 is 21.4 Å². The molecule has 0 aliphatic carbocycles. The van der Waals surface area contributed by atoms with Crippen molar-refractivity contribution in [2.24, 2.45) is 5.14 Å². The van der Waals surface area contributed by atoms with Crippen LogP contribution in [0.25, 0.3) is 0 Å². The highest BCUT2D eigenvalue weighted by atomic mass is 32.2. The lowest BCUT2D eigenvalue weighted by molar-refractivity contribution is 0.184. The quantitative estimate of drug-likeness (QED) is 0.663. The maximum atomic E-state index is 11.3. The molecule has 0 bridgehead atoms. The summed E-state index contributed by atoms with van der Waals surface area (Å²) in [4.78, 5) is 0.0338. The summed E-state index contributed by atoms with van der Waals surface area (Å²) in [6, 6.07) is 4.39. The second-order valence-electron chi connectivity index (χ2n) is 4.00. The molecular weight excluding hydrogens is 254 g/mol. The summed E-state index contributed by atoms with van der Waals surface area (Å²) in [7, 11) is -2.12. The number of hydrogen-bond acceptors (Lipinski definition) is 5. The maximum absolute atomic E-state index is 11.3. The summed E-state index contributed by atoms with van der Waals surface area (Å²) in [5, 5.41) is 8.22. The van der Waals surface area contributed by atoms with Gasteiger partial charge in [0.15, 0.2) is 0 Å². The fraction of sp³-hybridized carbons (Fsp3) is 0.455. The number of anilines is 2. The smallest absolute Gasteiger partial charge is 0.238 e. The minimum absolute atomic E-state index is 0.0338. The molecule has 0 heterocycles. The molecule has 1 rings (SSSR count). The molecule has 0 saturated heterocycles. The fourth-order valence-electron chi connectivity index (χ4n) is 1.52. The van der Waals surface area contributed by atoms with Crippen molar-refractivity contribution < 1.29 is 13.2 Å². The molecule has 6 nitrogen and oxygen atoms in total. The van der Waals surface area contributed by atoms with Crippen LogP contribution >= 0.6 is 0 Å². The van der Waals surface area contributed by atoms with Crippen LogP contribution in [0.2, 0.25) is 0 Å². The highest BCUT2D eigenvalue weighted by Gasteiger charge is 2.12. The molecule has 102 valence electrons. The maximum Gasteiger partial charge on any atom is 0.238 e. The second kappa shape index (κ2) is 6.03. The number of hydrogen-bond donors (Lipinski definition) is 3. The molecule has 1 aromatic carbocycles. The molecule has 0 fully saturated rings. The highest BCUT2D eigenvalue weighted by molar-refractivity contribution is 7.89. The Morgan fingerprint density at radius 2 is 2.11 bits per heavy atom. The molecule has 7 heteroatoms. The second-order valence-corrected chi connectivity index (χ2v) is 5.56. The Bertz CT molecular complexity index is 502. The molecule has 0 aliphatic heterocycles. The van der Waals surface area contributed by atoms with E-state index in [0.717, 1.165) is 6.42 Å². The third-order valence-electron chi connectivity index (χ3n) is 2.57. The monoisotopic (exact) mass is 273 g/mol.